The Bertz CT molecular complexity index is 2400. The van der Waals surface area contributed by atoms with Crippen LogP contribution >= 0.6 is 0 Å². The Kier molecular flexibility index (Phi) is 15.5. The number of ketones is 1. The van der Waals surface area contributed by atoms with Crippen LogP contribution in [0, 0.1) is 82.7 Å². The Balaban J connectivity index is 1.25. The highest BCUT2D eigenvalue weighted by atomic mass is 16.6. The van der Waals surface area contributed by atoms with Crippen LogP contribution < -0.4 is 30.2 Å². The molecule has 12 heteroatoms. The number of aliphatic hydroxyl groups excluding tert-OH is 2. The average Bonchev–Trinajstić information content (AvgIpc) is 4.08. The third kappa shape index (κ3) is 9.55. The average molecular weight is 959 g/mol. The second-order valence-corrected chi connectivity index (χ2v) is 22.1. The van der Waals surface area contributed by atoms with E-state index >= 15 is 4.79 Å². The smallest absolute Gasteiger partial charge is 0.207 e. The van der Waals surface area contributed by atoms with Gasteiger partial charge in [-0.05, 0) is 172 Å². The zero-order valence-corrected chi connectivity index (χ0v) is 42.3. The number of benzene rings is 2. The summed E-state index contributed by atoms with van der Waals surface area (Å²) < 4.78 is 25.1. The summed E-state index contributed by atoms with van der Waals surface area (Å²) in [6.07, 6.45) is 22.2. The number of phenols is 1. The largest absolute Gasteiger partial charge is 0.504 e. The summed E-state index contributed by atoms with van der Waals surface area (Å²) in [5.74, 6) is 11.5. The lowest BCUT2D eigenvalue weighted by atomic mass is 9.45. The molecule has 1 spiro atoms. The third-order valence-electron chi connectivity index (χ3n) is 18.7. The molecule has 4 bridgehead atoms. The van der Waals surface area contributed by atoms with E-state index in [4.69, 9.17) is 18.9 Å². The topological polar surface area (TPSA) is 163 Å². The molecule has 5 saturated carbocycles. The Hall–Kier alpha value is -4.72. The monoisotopic (exact) mass is 959 g/mol. The van der Waals surface area contributed by atoms with Gasteiger partial charge in [0.15, 0.2) is 29.3 Å². The number of methoxy groups -OCH3 is 2. The predicted octanol–water partition coefficient (Wildman–Crippen LogP) is 8.87. The van der Waals surface area contributed by atoms with Crippen molar-refractivity contribution in [3.63, 3.8) is 0 Å². The summed E-state index contributed by atoms with van der Waals surface area (Å²) in [4.78, 5) is 20.4. The molecule has 0 amide bonds. The summed E-state index contributed by atoms with van der Waals surface area (Å²) >= 11 is 0. The van der Waals surface area contributed by atoms with Crippen molar-refractivity contribution >= 4 is 17.4 Å². The normalized spacial score (nSPS) is 35.3. The van der Waals surface area contributed by atoms with Crippen molar-refractivity contribution in [2.45, 2.75) is 140 Å². The van der Waals surface area contributed by atoms with Crippen molar-refractivity contribution in [3.8, 4) is 47.0 Å². The van der Waals surface area contributed by atoms with Crippen LogP contribution in [0.2, 0.25) is 0 Å². The Labute approximate surface area is 416 Å². The zero-order chi connectivity index (χ0) is 49.0. The number of aromatic hydroxyl groups is 1. The molecule has 0 radical (unpaired) electrons. The van der Waals surface area contributed by atoms with Gasteiger partial charge < -0.3 is 44.9 Å². The second-order valence-electron chi connectivity index (χ2n) is 22.1. The first-order chi connectivity index (χ1) is 34.0. The van der Waals surface area contributed by atoms with Crippen molar-refractivity contribution in [1.29, 1.82) is 0 Å². The summed E-state index contributed by atoms with van der Waals surface area (Å²) in [5.41, 5.74) is 1.12. The molecule has 378 valence electrons. The number of fused-ring (bicyclic) bond motifs is 9. The number of aliphatic hydroxyl groups is 2. The van der Waals surface area contributed by atoms with Gasteiger partial charge in [0.1, 0.15) is 11.7 Å². The number of aliphatic imine (C=N–C) groups is 1. The van der Waals surface area contributed by atoms with Gasteiger partial charge in [-0.1, -0.05) is 56.6 Å². The number of anilines is 1. The molecule has 13 unspecified atom stereocenters. The molecule has 5 aliphatic carbocycles. The van der Waals surface area contributed by atoms with Gasteiger partial charge in [-0.3, -0.25) is 15.1 Å². The van der Waals surface area contributed by atoms with Gasteiger partial charge in [-0.2, -0.15) is 0 Å². The van der Waals surface area contributed by atoms with Crippen LogP contribution in [-0.4, -0.2) is 80.4 Å². The number of carbonyl (C=O) groups excluding carboxylic acids is 1. The number of nitrogens with one attached hydrogen (secondary N) is 3. The number of likely N-dealkylation sites (N-methyl/N-ethyl adjacent to an activating group) is 1. The minimum Gasteiger partial charge on any atom is -0.504 e. The minimum absolute atomic E-state index is 0.0120. The second kappa shape index (κ2) is 21.6. The molecular weight excluding hydrogens is 881 g/mol. The van der Waals surface area contributed by atoms with E-state index in [0.717, 1.165) is 81.8 Å². The van der Waals surface area contributed by atoms with Crippen molar-refractivity contribution < 1.29 is 39.1 Å². The van der Waals surface area contributed by atoms with Crippen LogP contribution in [0.25, 0.3) is 0 Å². The van der Waals surface area contributed by atoms with Gasteiger partial charge >= 0.3 is 0 Å². The molecular formula is C58H78N4O8. The number of phenolic OH excluding ortho intramolecular Hbond substituents is 1. The van der Waals surface area contributed by atoms with Crippen LogP contribution in [-0.2, 0) is 21.4 Å². The van der Waals surface area contributed by atoms with E-state index in [2.05, 4.69) is 70.1 Å². The van der Waals surface area contributed by atoms with E-state index in [0.29, 0.717) is 97.1 Å². The lowest BCUT2D eigenvalue weighted by molar-refractivity contribution is -0.125. The first-order valence-corrected chi connectivity index (χ1v) is 26.6. The Morgan fingerprint density at radius 3 is 2.69 bits per heavy atom. The highest BCUT2D eigenvalue weighted by Gasteiger charge is 2.61. The van der Waals surface area contributed by atoms with Crippen molar-refractivity contribution in [2.24, 2.45) is 63.7 Å². The first-order valence-electron chi connectivity index (χ1n) is 26.6. The highest BCUT2D eigenvalue weighted by molar-refractivity contribution is 5.97. The van der Waals surface area contributed by atoms with E-state index in [1.807, 2.05) is 25.3 Å². The molecule has 13 atom stereocenters. The number of guanidine groups is 1. The highest BCUT2D eigenvalue weighted by Crippen LogP contribution is 2.67. The molecule has 2 aliphatic heterocycles. The van der Waals surface area contributed by atoms with Crippen LogP contribution in [0.1, 0.15) is 127 Å². The molecule has 2 aromatic carbocycles. The maximum Gasteiger partial charge on any atom is 0.207 e. The minimum atomic E-state index is -0.883. The molecule has 2 aromatic rings. The predicted molar refractivity (Wildman–Crippen MR) is 272 cm³/mol. The van der Waals surface area contributed by atoms with Gasteiger partial charge in [0.05, 0.1) is 12.8 Å². The van der Waals surface area contributed by atoms with E-state index in [1.54, 1.807) is 27.3 Å². The molecule has 5 fully saturated rings. The molecule has 6 N–H and O–H groups in total. The zero-order valence-electron chi connectivity index (χ0n) is 42.3. The fourth-order valence-electron chi connectivity index (χ4n) is 15.6. The molecule has 9 rings (SSSR count). The Morgan fingerprint density at radius 1 is 1.04 bits per heavy atom. The van der Waals surface area contributed by atoms with E-state index in [1.165, 1.54) is 12.8 Å². The molecule has 7 aliphatic rings. The summed E-state index contributed by atoms with van der Waals surface area (Å²) in [7, 11) is 6.82. The van der Waals surface area contributed by atoms with Crippen LogP contribution in [0.5, 0.6) is 23.0 Å². The summed E-state index contributed by atoms with van der Waals surface area (Å²) in [5, 5.41) is 42.2. The fraction of sp³-hybridized carbons (Fsp3) is 0.655. The van der Waals surface area contributed by atoms with Crippen LogP contribution in [0.3, 0.4) is 0 Å². The molecule has 12 nitrogen and oxygen atoms in total. The SMILES string of the molecule is CCC1CCC2C(C1)C1C=CC(=O)C3(Cc4ccc(O)c(OC)c4)CCCC3CC#CNC(=NC)Nc3cc(cc4c3OC#CCC3CC(CNC)(CC3CC(O)OC)O4)C13CCCC3C2CCCO. The third-order valence-corrected chi connectivity index (χ3v) is 18.7. The maximum atomic E-state index is 15.7. The Morgan fingerprint density at radius 2 is 1.90 bits per heavy atom. The quantitative estimate of drug-likeness (QED) is 0.0891. The standard InChI is InChI=1S/C58H78N4O8/c1-6-37-17-19-43-44(15-10-26-63)46-16-8-24-58(46)42-31-48(54-51(32-42)70-56(36-59-2)34-39(12-11-27-69-54)40(35-56)30-53(66)68-5)62-55(60-3)61-25-9-14-41-13-7-23-57(41,52(65)22-20-47(58)45(43)28-37)33-38-18-21-49(64)50(29-38)67-4/h18,20-22,29,31-32,37,39-41,43-47,53,59,63-64,66H,6-8,10,12-17,19,23-24,26,28,30,33-36H2,1-5H3,(H2,60,61,62). The molecule has 2 heterocycles. The molecule has 0 saturated heterocycles. The fourth-order valence-corrected chi connectivity index (χ4v) is 15.6. The first kappa shape index (κ1) is 50.2. The number of allylic oxidation sites excluding steroid dienone is 2. The number of rotatable bonds is 12. The van der Waals surface area contributed by atoms with E-state index in [-0.39, 0.29) is 47.2 Å². The number of hydrogen-bond acceptors (Lipinski definition) is 10. The lowest BCUT2D eigenvalue weighted by Gasteiger charge is -2.59. The van der Waals surface area contributed by atoms with Crippen LogP contribution in [0.15, 0.2) is 47.5 Å². The van der Waals surface area contributed by atoms with Gasteiger partial charge in [-0.15, -0.1) is 0 Å². The maximum absolute atomic E-state index is 15.7. The van der Waals surface area contributed by atoms with Gasteiger partial charge in [-0.25, -0.2) is 0 Å². The van der Waals surface area contributed by atoms with Crippen molar-refractivity contribution in [1.82, 2.24) is 10.6 Å². The number of nitrogens with zero attached hydrogens (tertiary/aromatic N) is 1. The van der Waals surface area contributed by atoms with E-state index < -0.39 is 17.3 Å². The lowest BCUT2D eigenvalue weighted by Crippen LogP contribution is -2.55. The molecule has 70 heavy (non-hydrogen) atoms. The number of carbonyl (C=O) groups is 1. The van der Waals surface area contributed by atoms with E-state index in [9.17, 15) is 15.3 Å². The van der Waals surface area contributed by atoms with Gasteiger partial charge in [0.2, 0.25) is 11.7 Å². The van der Waals surface area contributed by atoms with Crippen molar-refractivity contribution in [3.05, 3.63) is 53.6 Å². The summed E-state index contributed by atoms with van der Waals surface area (Å²) in [6, 6.07) is 13.2. The number of hydrogen-bond donors (Lipinski definition) is 6. The molecule has 0 aromatic heterocycles. The van der Waals surface area contributed by atoms with Crippen molar-refractivity contribution in [2.75, 3.05) is 46.8 Å². The summed E-state index contributed by atoms with van der Waals surface area (Å²) in [6.45, 7) is 3.10. The van der Waals surface area contributed by atoms with Gasteiger partial charge in [0, 0.05) is 63.4 Å². The van der Waals surface area contributed by atoms with Crippen LogP contribution in [0.4, 0.5) is 5.69 Å². The number of ether oxygens (including phenoxy) is 4. The van der Waals surface area contributed by atoms with Gasteiger partial charge in [0.25, 0.3) is 0 Å².